The minimum atomic E-state index is -0.243. The Bertz CT molecular complexity index is 1170. The lowest BCUT2D eigenvalue weighted by Gasteiger charge is -2.40. The molecule has 1 aromatic heterocycles. The van der Waals surface area contributed by atoms with E-state index in [9.17, 15) is 0 Å². The number of nitrogens with zero attached hydrogens (tertiary/aromatic N) is 5. The van der Waals surface area contributed by atoms with Crippen molar-refractivity contribution in [3.63, 3.8) is 0 Å². The van der Waals surface area contributed by atoms with Gasteiger partial charge in [0.25, 0.3) is 5.90 Å². The number of morpholine rings is 1. The summed E-state index contributed by atoms with van der Waals surface area (Å²) in [4.78, 5) is 20.9. The van der Waals surface area contributed by atoms with Gasteiger partial charge in [-0.15, -0.1) is 0 Å². The third-order valence-corrected chi connectivity index (χ3v) is 6.76. The van der Waals surface area contributed by atoms with Crippen LogP contribution in [0.15, 0.2) is 70.8 Å². The number of rotatable bonds is 4. The fourth-order valence-electron chi connectivity index (χ4n) is 4.85. The van der Waals surface area contributed by atoms with Crippen LogP contribution in [-0.4, -0.2) is 59.5 Å². The van der Waals surface area contributed by atoms with Crippen LogP contribution in [0.3, 0.4) is 0 Å². The third-order valence-electron chi connectivity index (χ3n) is 6.76. The molecule has 0 amide bonds. The zero-order chi connectivity index (χ0) is 22.3. The maximum atomic E-state index is 5.81. The number of benzene rings is 1. The third kappa shape index (κ3) is 3.60. The summed E-state index contributed by atoms with van der Waals surface area (Å²) in [6.07, 6.45) is 8.60. The quantitative estimate of drug-likeness (QED) is 0.784. The fraction of sp³-hybridized carbons (Fsp3) is 0.360. The highest BCUT2D eigenvalue weighted by Gasteiger charge is 2.43. The van der Waals surface area contributed by atoms with Crippen molar-refractivity contribution < 1.29 is 9.47 Å². The van der Waals surface area contributed by atoms with Gasteiger partial charge in [0.15, 0.2) is 0 Å². The Morgan fingerprint density at radius 2 is 1.88 bits per heavy atom. The minimum Gasteiger partial charge on any atom is -0.473 e. The van der Waals surface area contributed by atoms with E-state index in [1.165, 1.54) is 5.70 Å². The second-order valence-corrected chi connectivity index (χ2v) is 8.88. The molecule has 168 valence electrons. The van der Waals surface area contributed by atoms with Gasteiger partial charge in [-0.05, 0) is 18.1 Å². The molecule has 4 aliphatic heterocycles. The number of nitrogens with one attached hydrogen (secondary N) is 1. The maximum Gasteiger partial charge on any atom is 0.255 e. The van der Waals surface area contributed by atoms with Gasteiger partial charge in [0.05, 0.1) is 18.6 Å². The van der Waals surface area contributed by atoms with Gasteiger partial charge in [0, 0.05) is 55.6 Å². The van der Waals surface area contributed by atoms with E-state index in [-0.39, 0.29) is 11.5 Å². The fourth-order valence-corrected chi connectivity index (χ4v) is 4.85. The van der Waals surface area contributed by atoms with Gasteiger partial charge in [-0.3, -0.25) is 0 Å². The average molecular weight is 443 g/mol. The van der Waals surface area contributed by atoms with Crippen LogP contribution in [0, 0.1) is 5.41 Å². The Hall–Kier alpha value is -3.52. The molecule has 0 radical (unpaired) electrons. The number of allylic oxidation sites excluding steroid dienone is 1. The molecule has 0 aliphatic carbocycles. The van der Waals surface area contributed by atoms with Crippen LogP contribution < -0.4 is 5.32 Å². The van der Waals surface area contributed by atoms with Crippen LogP contribution in [0.5, 0.6) is 0 Å². The molecular weight excluding hydrogens is 416 g/mol. The highest BCUT2D eigenvalue weighted by atomic mass is 16.5. The Balaban J connectivity index is 1.20. The molecule has 1 fully saturated rings. The first-order valence-corrected chi connectivity index (χ1v) is 11.4. The van der Waals surface area contributed by atoms with Crippen molar-refractivity contribution in [3.8, 4) is 0 Å². The lowest BCUT2D eigenvalue weighted by atomic mass is 9.74. The second kappa shape index (κ2) is 8.12. The molecule has 8 nitrogen and oxygen atoms in total. The van der Waals surface area contributed by atoms with Crippen LogP contribution in [0.25, 0.3) is 5.57 Å². The van der Waals surface area contributed by atoms with Crippen molar-refractivity contribution in [2.45, 2.75) is 19.4 Å². The summed E-state index contributed by atoms with van der Waals surface area (Å²) in [5.41, 5.74) is 4.25. The van der Waals surface area contributed by atoms with Crippen LogP contribution in [-0.2, 0) is 9.47 Å². The van der Waals surface area contributed by atoms with Crippen LogP contribution in [0.1, 0.15) is 36.3 Å². The van der Waals surface area contributed by atoms with Gasteiger partial charge in [-0.2, -0.15) is 0 Å². The topological polar surface area (TPSA) is 84.2 Å². The molecule has 5 heterocycles. The van der Waals surface area contributed by atoms with E-state index in [4.69, 9.17) is 14.5 Å². The standard InChI is InChI=1S/C25H26N6O2/c1-25-11-19(31-7-9-32-10-8-31)14-28-24(25)29-15-20(25)18-12-26-22(27-13-18)23-30-21(16-33-23)17-5-3-2-4-6-17/h2-6,12-15,21H,7-11,16H2,1H3,(H,28,29)/t21-,25?/m0/s1. The molecule has 1 aromatic carbocycles. The molecule has 2 aromatic rings. The van der Waals surface area contributed by atoms with Gasteiger partial charge >= 0.3 is 0 Å². The number of aliphatic imine (C=N–C) groups is 2. The molecule has 33 heavy (non-hydrogen) atoms. The smallest absolute Gasteiger partial charge is 0.255 e. The Kier molecular flexibility index (Phi) is 4.95. The van der Waals surface area contributed by atoms with Crippen LogP contribution >= 0.6 is 0 Å². The molecular formula is C25H26N6O2. The van der Waals surface area contributed by atoms with E-state index >= 15 is 0 Å². The summed E-state index contributed by atoms with van der Waals surface area (Å²) in [6, 6.07) is 10.1. The summed E-state index contributed by atoms with van der Waals surface area (Å²) >= 11 is 0. The van der Waals surface area contributed by atoms with Crippen molar-refractivity contribution in [2.24, 2.45) is 15.4 Å². The Labute approximate surface area is 192 Å². The zero-order valence-electron chi connectivity index (χ0n) is 18.6. The van der Waals surface area contributed by atoms with Gasteiger partial charge in [-0.25, -0.2) is 20.0 Å². The van der Waals surface area contributed by atoms with E-state index < -0.39 is 0 Å². The van der Waals surface area contributed by atoms with Crippen molar-refractivity contribution in [2.75, 3.05) is 32.9 Å². The molecule has 4 aliphatic rings. The molecule has 8 heteroatoms. The van der Waals surface area contributed by atoms with Crippen molar-refractivity contribution in [1.29, 1.82) is 0 Å². The molecule has 6 rings (SSSR count). The number of ether oxygens (including phenoxy) is 2. The molecule has 1 unspecified atom stereocenters. The molecule has 1 N–H and O–H groups in total. The predicted octanol–water partition coefficient (Wildman–Crippen LogP) is 2.92. The molecule has 0 spiro atoms. The van der Waals surface area contributed by atoms with Gasteiger partial charge in [-0.1, -0.05) is 30.3 Å². The molecule has 1 saturated heterocycles. The molecule has 2 atom stereocenters. The zero-order valence-corrected chi connectivity index (χ0v) is 18.6. The average Bonchev–Trinajstić information content (AvgIpc) is 3.50. The first kappa shape index (κ1) is 20.1. The van der Waals surface area contributed by atoms with E-state index in [1.807, 2.05) is 36.8 Å². The lowest BCUT2D eigenvalue weighted by molar-refractivity contribution is 0.0504. The van der Waals surface area contributed by atoms with Crippen LogP contribution in [0.4, 0.5) is 0 Å². The van der Waals surface area contributed by atoms with E-state index in [2.05, 4.69) is 50.4 Å². The minimum absolute atomic E-state index is 0.0180. The first-order chi connectivity index (χ1) is 16.2. The normalized spacial score (nSPS) is 26.5. The van der Waals surface area contributed by atoms with Crippen molar-refractivity contribution in [1.82, 2.24) is 20.2 Å². The maximum absolute atomic E-state index is 5.81. The number of hydrogen-bond acceptors (Lipinski definition) is 8. The van der Waals surface area contributed by atoms with E-state index in [1.54, 1.807) is 0 Å². The monoisotopic (exact) mass is 442 g/mol. The van der Waals surface area contributed by atoms with Gasteiger partial charge in [0.2, 0.25) is 5.82 Å². The van der Waals surface area contributed by atoms with Crippen molar-refractivity contribution in [3.05, 3.63) is 77.8 Å². The summed E-state index contributed by atoms with van der Waals surface area (Å²) in [5.74, 6) is 1.97. The molecule has 0 bridgehead atoms. The number of aromatic nitrogens is 2. The second-order valence-electron chi connectivity index (χ2n) is 8.88. The Morgan fingerprint density at radius 1 is 1.09 bits per heavy atom. The highest BCUT2D eigenvalue weighted by Crippen LogP contribution is 2.46. The molecule has 0 saturated carbocycles. The summed E-state index contributed by atoms with van der Waals surface area (Å²) in [7, 11) is 0. The van der Waals surface area contributed by atoms with Gasteiger partial charge in [0.1, 0.15) is 18.5 Å². The van der Waals surface area contributed by atoms with Gasteiger partial charge < -0.3 is 19.7 Å². The summed E-state index contributed by atoms with van der Waals surface area (Å²) < 4.78 is 11.3. The predicted molar refractivity (Wildman–Crippen MR) is 125 cm³/mol. The van der Waals surface area contributed by atoms with Crippen molar-refractivity contribution >= 4 is 17.3 Å². The highest BCUT2D eigenvalue weighted by molar-refractivity contribution is 6.04. The SMILES string of the molecule is CC12CC(N3CCOCC3)=CNC1=NC=C2c1cnc(C2=N[C@H](c3ccccc3)CO2)nc1. The number of fused-ring (bicyclic) bond motifs is 1. The largest absolute Gasteiger partial charge is 0.473 e. The first-order valence-electron chi connectivity index (χ1n) is 11.4. The lowest BCUT2D eigenvalue weighted by Crippen LogP contribution is -2.45. The Morgan fingerprint density at radius 3 is 2.67 bits per heavy atom. The summed E-state index contributed by atoms with van der Waals surface area (Å²) in [6.45, 7) is 6.10. The number of hydrogen-bond donors (Lipinski definition) is 1. The summed E-state index contributed by atoms with van der Waals surface area (Å²) in [5, 5.41) is 3.42. The number of amidine groups is 1. The van der Waals surface area contributed by atoms with E-state index in [0.717, 1.165) is 55.3 Å². The van der Waals surface area contributed by atoms with E-state index in [0.29, 0.717) is 18.3 Å². The van der Waals surface area contributed by atoms with Crippen LogP contribution in [0.2, 0.25) is 0 Å².